The number of H-pyrrole nitrogens is 1. The van der Waals surface area contributed by atoms with Crippen molar-refractivity contribution in [3.05, 3.63) is 33.0 Å². The van der Waals surface area contributed by atoms with Crippen molar-refractivity contribution in [3.8, 4) is 0 Å². The fraction of sp³-hybridized carbons (Fsp3) is 0.500. The molecular weight excluding hydrogens is 256 g/mol. The van der Waals surface area contributed by atoms with Crippen LogP contribution in [-0.2, 0) is 7.05 Å². The molecule has 20 heavy (non-hydrogen) atoms. The normalized spacial score (nSPS) is 14.4. The van der Waals surface area contributed by atoms with Crippen LogP contribution in [0.25, 0.3) is 6.08 Å². The molecule has 0 radical (unpaired) electrons. The number of hydrogen-bond donors (Lipinski definition) is 1. The van der Waals surface area contributed by atoms with Crippen LogP contribution in [0.4, 0.5) is 0 Å². The highest BCUT2D eigenvalue weighted by atomic mass is 16.2. The van der Waals surface area contributed by atoms with E-state index in [0.29, 0.717) is 11.3 Å². The van der Waals surface area contributed by atoms with Crippen LogP contribution in [0.5, 0.6) is 0 Å². The van der Waals surface area contributed by atoms with Crippen LogP contribution in [0.3, 0.4) is 0 Å². The zero-order valence-corrected chi connectivity index (χ0v) is 12.4. The predicted octanol–water partition coefficient (Wildman–Crippen LogP) is 0.637. The number of likely N-dealkylation sites (tertiary alicyclic amines) is 1. The Bertz CT molecular complexity index is 645. The molecule has 6 heteroatoms. The first-order chi connectivity index (χ1) is 9.41. The first kappa shape index (κ1) is 14.2. The molecule has 108 valence electrons. The maximum absolute atomic E-state index is 12.1. The van der Waals surface area contributed by atoms with Gasteiger partial charge in [0.2, 0.25) is 0 Å². The SMILES string of the molecule is CN(C)C(=O)c1[nH]n(C)c(=O)c1C=C=C1CCCN1C. The van der Waals surface area contributed by atoms with Gasteiger partial charge >= 0.3 is 0 Å². The molecule has 0 aromatic carbocycles. The number of aromatic nitrogens is 2. The largest absolute Gasteiger partial charge is 0.372 e. The molecule has 1 aliphatic heterocycles. The number of carbonyl (C=O) groups excluding carboxylic acids is 1. The number of amides is 1. The second-order valence-electron chi connectivity index (χ2n) is 5.22. The van der Waals surface area contributed by atoms with Crippen molar-refractivity contribution in [2.45, 2.75) is 12.8 Å². The van der Waals surface area contributed by atoms with Gasteiger partial charge in [0.25, 0.3) is 11.5 Å². The Morgan fingerprint density at radius 2 is 2.10 bits per heavy atom. The molecule has 2 rings (SSSR count). The van der Waals surface area contributed by atoms with Crippen molar-refractivity contribution < 1.29 is 4.79 Å². The van der Waals surface area contributed by atoms with Crippen molar-refractivity contribution in [2.24, 2.45) is 7.05 Å². The summed E-state index contributed by atoms with van der Waals surface area (Å²) in [5.41, 5.74) is 4.66. The van der Waals surface area contributed by atoms with E-state index in [1.807, 2.05) is 7.05 Å². The van der Waals surface area contributed by atoms with Crippen LogP contribution in [0.2, 0.25) is 0 Å². The third kappa shape index (κ3) is 2.56. The molecule has 1 aromatic heterocycles. The van der Waals surface area contributed by atoms with Gasteiger partial charge in [0.05, 0.1) is 11.3 Å². The topological polar surface area (TPSA) is 61.3 Å². The average molecular weight is 276 g/mol. The molecule has 2 heterocycles. The molecule has 0 spiro atoms. The zero-order valence-electron chi connectivity index (χ0n) is 12.4. The van der Waals surface area contributed by atoms with Crippen LogP contribution >= 0.6 is 0 Å². The fourth-order valence-electron chi connectivity index (χ4n) is 2.23. The minimum Gasteiger partial charge on any atom is -0.372 e. The van der Waals surface area contributed by atoms with E-state index in [1.165, 1.54) is 9.58 Å². The van der Waals surface area contributed by atoms with Gasteiger partial charge in [-0.05, 0) is 18.9 Å². The quantitative estimate of drug-likeness (QED) is 0.806. The van der Waals surface area contributed by atoms with Gasteiger partial charge in [0, 0.05) is 34.7 Å². The summed E-state index contributed by atoms with van der Waals surface area (Å²) in [5, 5.41) is 2.80. The number of aromatic amines is 1. The lowest BCUT2D eigenvalue weighted by molar-refractivity contribution is 0.0821. The Labute approximate surface area is 118 Å². The van der Waals surface area contributed by atoms with Crippen LogP contribution in [0.15, 0.2) is 16.2 Å². The number of rotatable bonds is 2. The van der Waals surface area contributed by atoms with E-state index in [-0.39, 0.29) is 11.5 Å². The fourth-order valence-corrected chi connectivity index (χ4v) is 2.23. The van der Waals surface area contributed by atoms with Crippen molar-refractivity contribution in [3.63, 3.8) is 0 Å². The van der Waals surface area contributed by atoms with E-state index < -0.39 is 0 Å². The van der Waals surface area contributed by atoms with Crippen LogP contribution < -0.4 is 5.56 Å². The maximum atomic E-state index is 12.1. The van der Waals surface area contributed by atoms with Gasteiger partial charge in [-0.2, -0.15) is 0 Å². The smallest absolute Gasteiger partial charge is 0.274 e. The number of nitrogens with zero attached hydrogens (tertiary/aromatic N) is 3. The third-order valence-corrected chi connectivity index (χ3v) is 3.45. The van der Waals surface area contributed by atoms with Crippen molar-refractivity contribution in [1.82, 2.24) is 19.6 Å². The van der Waals surface area contributed by atoms with Crippen molar-refractivity contribution in [1.29, 1.82) is 0 Å². The minimum absolute atomic E-state index is 0.219. The summed E-state index contributed by atoms with van der Waals surface area (Å²) < 4.78 is 1.31. The summed E-state index contributed by atoms with van der Waals surface area (Å²) >= 11 is 0. The lowest BCUT2D eigenvalue weighted by Crippen LogP contribution is -2.23. The Morgan fingerprint density at radius 3 is 2.65 bits per heavy atom. The van der Waals surface area contributed by atoms with E-state index in [2.05, 4.69) is 15.7 Å². The highest BCUT2D eigenvalue weighted by Gasteiger charge is 2.19. The minimum atomic E-state index is -0.222. The van der Waals surface area contributed by atoms with Crippen molar-refractivity contribution in [2.75, 3.05) is 27.7 Å². The van der Waals surface area contributed by atoms with Gasteiger partial charge in [-0.15, -0.1) is 0 Å². The van der Waals surface area contributed by atoms with Gasteiger partial charge in [-0.3, -0.25) is 19.4 Å². The second kappa shape index (κ2) is 5.43. The molecule has 1 amide bonds. The number of hydrogen-bond acceptors (Lipinski definition) is 3. The molecule has 1 saturated heterocycles. The van der Waals surface area contributed by atoms with Gasteiger partial charge in [-0.25, -0.2) is 0 Å². The first-order valence-electron chi connectivity index (χ1n) is 6.59. The van der Waals surface area contributed by atoms with Crippen LogP contribution in [0.1, 0.15) is 28.9 Å². The first-order valence-corrected chi connectivity index (χ1v) is 6.59. The summed E-state index contributed by atoms with van der Waals surface area (Å²) in [4.78, 5) is 27.7. The monoisotopic (exact) mass is 276 g/mol. The molecule has 1 fully saturated rings. The molecule has 0 aliphatic carbocycles. The summed E-state index contributed by atoms with van der Waals surface area (Å²) in [7, 11) is 6.92. The zero-order chi connectivity index (χ0) is 14.9. The highest BCUT2D eigenvalue weighted by Crippen LogP contribution is 2.17. The summed E-state index contributed by atoms with van der Waals surface area (Å²) in [5.74, 6) is -0.222. The molecule has 0 atom stereocenters. The number of nitrogens with one attached hydrogen (secondary N) is 1. The molecule has 0 unspecified atom stereocenters. The Hall–Kier alpha value is -2.20. The summed E-state index contributed by atoms with van der Waals surface area (Å²) in [6.07, 6.45) is 3.67. The van der Waals surface area contributed by atoms with Gasteiger partial charge in [0.1, 0.15) is 5.69 Å². The predicted molar refractivity (Wildman–Crippen MR) is 77.4 cm³/mol. The molecule has 1 aromatic rings. The molecule has 6 nitrogen and oxygen atoms in total. The highest BCUT2D eigenvalue weighted by molar-refractivity contribution is 5.95. The lowest BCUT2D eigenvalue weighted by Gasteiger charge is -2.09. The third-order valence-electron chi connectivity index (χ3n) is 3.45. The lowest BCUT2D eigenvalue weighted by atomic mass is 10.2. The number of aryl methyl sites for hydroxylation is 1. The van der Waals surface area contributed by atoms with E-state index in [9.17, 15) is 9.59 Å². The van der Waals surface area contributed by atoms with E-state index in [1.54, 1.807) is 27.2 Å². The Balaban J connectivity index is 2.49. The molecule has 1 aliphatic rings. The Kier molecular flexibility index (Phi) is 3.86. The van der Waals surface area contributed by atoms with Gasteiger partial charge in [0.15, 0.2) is 0 Å². The van der Waals surface area contributed by atoms with Crippen LogP contribution in [-0.4, -0.2) is 53.2 Å². The summed E-state index contributed by atoms with van der Waals surface area (Å²) in [6.45, 7) is 1.00. The summed E-state index contributed by atoms with van der Waals surface area (Å²) in [6, 6.07) is 0. The molecule has 0 bridgehead atoms. The molecule has 0 saturated carbocycles. The van der Waals surface area contributed by atoms with Crippen LogP contribution in [0, 0.1) is 0 Å². The average Bonchev–Trinajstić information content (AvgIpc) is 2.92. The van der Waals surface area contributed by atoms with Gasteiger partial charge < -0.3 is 9.80 Å². The molecular formula is C14H20N4O2. The van der Waals surface area contributed by atoms with E-state index in [0.717, 1.165) is 25.1 Å². The van der Waals surface area contributed by atoms with E-state index in [4.69, 9.17) is 0 Å². The van der Waals surface area contributed by atoms with Crippen molar-refractivity contribution >= 4 is 12.0 Å². The number of carbonyl (C=O) groups is 1. The number of allylic oxidation sites excluding steroid dienone is 1. The van der Waals surface area contributed by atoms with Gasteiger partial charge in [-0.1, -0.05) is 5.73 Å². The van der Waals surface area contributed by atoms with E-state index >= 15 is 0 Å². The second-order valence-corrected chi connectivity index (χ2v) is 5.22. The molecule has 1 N–H and O–H groups in total. The maximum Gasteiger partial charge on any atom is 0.274 e. The Morgan fingerprint density at radius 1 is 1.40 bits per heavy atom. The standard InChI is InChI=1S/C14H20N4O2/c1-16(2)14(20)12-11(13(19)18(4)15-12)8-7-10-6-5-9-17(10)3/h8,15H,5-6,9H2,1-4H3.